The number of benzene rings is 3. The summed E-state index contributed by atoms with van der Waals surface area (Å²) in [7, 11) is 0. The highest BCUT2D eigenvalue weighted by atomic mass is 16.5. The molecule has 3 aromatic carbocycles. The van der Waals surface area contributed by atoms with Crippen LogP contribution in [-0.4, -0.2) is 31.8 Å². The van der Waals surface area contributed by atoms with Crippen LogP contribution in [-0.2, 0) is 4.79 Å². The number of ether oxygens (including phenoxy) is 3. The zero-order chi connectivity index (χ0) is 21.9. The van der Waals surface area contributed by atoms with Crippen molar-refractivity contribution >= 4 is 17.3 Å². The largest absolute Gasteiger partial charge is 0.490 e. The Kier molecular flexibility index (Phi) is 8.17. The molecule has 0 radical (unpaired) electrons. The fraction of sp³-hybridized carbons (Fsp3) is 0.240. The zero-order valence-corrected chi connectivity index (χ0v) is 17.8. The van der Waals surface area contributed by atoms with Crippen molar-refractivity contribution in [2.75, 3.05) is 30.4 Å². The summed E-state index contributed by atoms with van der Waals surface area (Å²) in [5.74, 6) is 1.93. The van der Waals surface area contributed by atoms with E-state index in [4.69, 9.17) is 14.2 Å². The maximum atomic E-state index is 12.5. The van der Waals surface area contributed by atoms with Crippen LogP contribution in [0.1, 0.15) is 13.8 Å². The highest BCUT2D eigenvalue weighted by Gasteiger charge is 2.10. The maximum absolute atomic E-state index is 12.5. The molecule has 0 unspecified atom stereocenters. The molecule has 6 heteroatoms. The molecule has 0 aliphatic carbocycles. The molecule has 0 atom stereocenters. The van der Waals surface area contributed by atoms with Crippen molar-refractivity contribution in [2.24, 2.45) is 0 Å². The van der Waals surface area contributed by atoms with E-state index >= 15 is 0 Å². The lowest BCUT2D eigenvalue weighted by Crippen LogP contribution is -2.22. The Morgan fingerprint density at radius 3 is 2.13 bits per heavy atom. The van der Waals surface area contributed by atoms with E-state index in [0.717, 1.165) is 11.4 Å². The van der Waals surface area contributed by atoms with E-state index in [-0.39, 0.29) is 18.6 Å². The summed E-state index contributed by atoms with van der Waals surface area (Å²) < 4.78 is 17.2. The van der Waals surface area contributed by atoms with Gasteiger partial charge in [-0.1, -0.05) is 42.5 Å². The third-order valence-electron chi connectivity index (χ3n) is 4.20. The van der Waals surface area contributed by atoms with Gasteiger partial charge in [-0.2, -0.15) is 0 Å². The van der Waals surface area contributed by atoms with Gasteiger partial charge >= 0.3 is 0 Å². The van der Waals surface area contributed by atoms with Crippen LogP contribution in [0.2, 0.25) is 0 Å². The molecule has 162 valence electrons. The number of hydrogen-bond acceptors (Lipinski definition) is 5. The average Bonchev–Trinajstić information content (AvgIpc) is 2.78. The molecular formula is C25H28N2O4. The van der Waals surface area contributed by atoms with Gasteiger partial charge in [0.2, 0.25) is 5.91 Å². The topological polar surface area (TPSA) is 68.8 Å². The molecular weight excluding hydrogens is 392 g/mol. The number of carbonyl (C=O) groups excluding carboxylic acids is 1. The first kappa shape index (κ1) is 22.0. The molecule has 3 aromatic rings. The first-order valence-corrected chi connectivity index (χ1v) is 10.3. The minimum Gasteiger partial charge on any atom is -0.490 e. The van der Waals surface area contributed by atoms with Gasteiger partial charge in [0, 0.05) is 0 Å². The predicted octanol–water partition coefficient (Wildman–Crippen LogP) is 4.98. The summed E-state index contributed by atoms with van der Waals surface area (Å²) >= 11 is 0. The van der Waals surface area contributed by atoms with Crippen LogP contribution in [0.4, 0.5) is 11.4 Å². The monoisotopic (exact) mass is 420 g/mol. The molecule has 0 bridgehead atoms. The summed E-state index contributed by atoms with van der Waals surface area (Å²) in [5, 5.41) is 6.02. The molecule has 0 aliphatic rings. The fourth-order valence-electron chi connectivity index (χ4n) is 2.86. The lowest BCUT2D eigenvalue weighted by molar-refractivity contribution is -0.114. The Morgan fingerprint density at radius 1 is 0.774 bits per heavy atom. The van der Waals surface area contributed by atoms with Crippen LogP contribution in [0, 0.1) is 0 Å². The third kappa shape index (κ3) is 7.26. The minimum absolute atomic E-state index is 0.0195. The number of anilines is 2. The number of para-hydroxylation sites is 5. The molecule has 0 saturated carbocycles. The molecule has 3 rings (SSSR count). The summed E-state index contributed by atoms with van der Waals surface area (Å²) in [5.41, 5.74) is 1.38. The summed E-state index contributed by atoms with van der Waals surface area (Å²) in [6.07, 6.45) is 0.0195. The Hall–Kier alpha value is -3.67. The average molecular weight is 421 g/mol. The van der Waals surface area contributed by atoms with E-state index in [1.54, 1.807) is 0 Å². The number of carbonyl (C=O) groups is 1. The number of nitrogens with one attached hydrogen (secondary N) is 2. The molecule has 0 aromatic heterocycles. The quantitative estimate of drug-likeness (QED) is 0.428. The molecule has 6 nitrogen and oxygen atoms in total. The SMILES string of the molecule is CC(C)Oc1ccccc1NC(=O)CNc1ccccc1OCCOc1ccccc1. The van der Waals surface area contributed by atoms with Crippen LogP contribution in [0.25, 0.3) is 0 Å². The smallest absolute Gasteiger partial charge is 0.243 e. The molecule has 2 N–H and O–H groups in total. The Labute approximate surface area is 183 Å². The van der Waals surface area contributed by atoms with Crippen LogP contribution >= 0.6 is 0 Å². The van der Waals surface area contributed by atoms with Crippen molar-refractivity contribution in [1.29, 1.82) is 0 Å². The van der Waals surface area contributed by atoms with Gasteiger partial charge in [-0.3, -0.25) is 4.79 Å². The van der Waals surface area contributed by atoms with Gasteiger partial charge in [0.25, 0.3) is 0 Å². The highest BCUT2D eigenvalue weighted by Crippen LogP contribution is 2.26. The fourth-order valence-corrected chi connectivity index (χ4v) is 2.86. The molecule has 0 aliphatic heterocycles. The van der Waals surface area contributed by atoms with Crippen molar-refractivity contribution < 1.29 is 19.0 Å². The van der Waals surface area contributed by atoms with Crippen LogP contribution < -0.4 is 24.8 Å². The van der Waals surface area contributed by atoms with Gasteiger partial charge < -0.3 is 24.8 Å². The second kappa shape index (κ2) is 11.5. The van der Waals surface area contributed by atoms with E-state index in [9.17, 15) is 4.79 Å². The van der Waals surface area contributed by atoms with Gasteiger partial charge in [-0.05, 0) is 50.2 Å². The number of rotatable bonds is 11. The summed E-state index contributed by atoms with van der Waals surface area (Å²) in [6, 6.07) is 24.5. The van der Waals surface area contributed by atoms with E-state index in [0.29, 0.717) is 30.4 Å². The Morgan fingerprint density at radius 2 is 1.39 bits per heavy atom. The van der Waals surface area contributed by atoms with Crippen molar-refractivity contribution in [1.82, 2.24) is 0 Å². The Bertz CT molecular complexity index is 961. The second-order valence-corrected chi connectivity index (χ2v) is 7.07. The van der Waals surface area contributed by atoms with Gasteiger partial charge in [0.05, 0.1) is 24.0 Å². The van der Waals surface area contributed by atoms with Crippen molar-refractivity contribution in [3.05, 3.63) is 78.9 Å². The van der Waals surface area contributed by atoms with E-state index in [2.05, 4.69) is 10.6 Å². The van der Waals surface area contributed by atoms with E-state index in [1.165, 1.54) is 0 Å². The van der Waals surface area contributed by atoms with Gasteiger partial charge in [0.1, 0.15) is 30.5 Å². The Balaban J connectivity index is 1.50. The van der Waals surface area contributed by atoms with E-state index < -0.39 is 0 Å². The molecule has 0 spiro atoms. The van der Waals surface area contributed by atoms with Gasteiger partial charge in [-0.25, -0.2) is 0 Å². The van der Waals surface area contributed by atoms with Crippen molar-refractivity contribution in [2.45, 2.75) is 20.0 Å². The maximum Gasteiger partial charge on any atom is 0.243 e. The minimum atomic E-state index is -0.179. The molecule has 0 saturated heterocycles. The predicted molar refractivity (Wildman–Crippen MR) is 123 cm³/mol. The summed E-state index contributed by atoms with van der Waals surface area (Å²) in [4.78, 5) is 12.5. The first-order valence-electron chi connectivity index (χ1n) is 10.3. The number of hydrogen-bond donors (Lipinski definition) is 2. The van der Waals surface area contributed by atoms with E-state index in [1.807, 2.05) is 92.7 Å². The third-order valence-corrected chi connectivity index (χ3v) is 4.20. The molecule has 0 heterocycles. The molecule has 1 amide bonds. The molecule has 31 heavy (non-hydrogen) atoms. The normalized spacial score (nSPS) is 10.4. The van der Waals surface area contributed by atoms with Crippen LogP contribution in [0.15, 0.2) is 78.9 Å². The zero-order valence-electron chi connectivity index (χ0n) is 17.8. The first-order chi connectivity index (χ1) is 15.1. The highest BCUT2D eigenvalue weighted by molar-refractivity contribution is 5.95. The standard InChI is InChI=1S/C25H28N2O4/c1-19(2)31-24-15-9-7-13-22(24)27-25(28)18-26-21-12-6-8-14-23(21)30-17-16-29-20-10-4-3-5-11-20/h3-15,19,26H,16-18H2,1-2H3,(H,27,28). The second-order valence-electron chi connectivity index (χ2n) is 7.07. The van der Waals surface area contributed by atoms with Crippen LogP contribution in [0.3, 0.4) is 0 Å². The lowest BCUT2D eigenvalue weighted by atomic mass is 10.2. The van der Waals surface area contributed by atoms with Gasteiger partial charge in [0.15, 0.2) is 0 Å². The molecule has 0 fully saturated rings. The van der Waals surface area contributed by atoms with Crippen molar-refractivity contribution in [3.8, 4) is 17.2 Å². The van der Waals surface area contributed by atoms with Crippen LogP contribution in [0.5, 0.6) is 17.2 Å². The van der Waals surface area contributed by atoms with Gasteiger partial charge in [-0.15, -0.1) is 0 Å². The summed E-state index contributed by atoms with van der Waals surface area (Å²) in [6.45, 7) is 4.80. The van der Waals surface area contributed by atoms with Crippen molar-refractivity contribution in [3.63, 3.8) is 0 Å². The lowest BCUT2D eigenvalue weighted by Gasteiger charge is -2.16. The number of amides is 1.